The maximum atomic E-state index is 13.5. The number of piperidine rings is 2. The molecule has 1 aromatic carbocycles. The van der Waals surface area contributed by atoms with Crippen LogP contribution in [0, 0.1) is 5.41 Å². The van der Waals surface area contributed by atoms with Gasteiger partial charge in [0.25, 0.3) is 0 Å². The maximum Gasteiger partial charge on any atom is 0.229 e. The quantitative estimate of drug-likeness (QED) is 0.716. The number of para-hydroxylation sites is 1. The summed E-state index contributed by atoms with van der Waals surface area (Å²) in [5, 5.41) is 10.9. The first-order valence-corrected chi connectivity index (χ1v) is 10.4. The first-order chi connectivity index (χ1) is 14.1. The van der Waals surface area contributed by atoms with E-state index in [1.165, 1.54) is 10.9 Å². The Bertz CT molecular complexity index is 1040. The molecule has 150 valence electrons. The largest absolute Gasteiger partial charge is 0.493 e. The number of amides is 1. The number of aromatic nitrogens is 2. The fourth-order valence-electron chi connectivity index (χ4n) is 4.99. The predicted molar refractivity (Wildman–Crippen MR) is 113 cm³/mol. The molecule has 0 bridgehead atoms. The lowest BCUT2D eigenvalue weighted by Crippen LogP contribution is -2.53. The number of benzene rings is 1. The Morgan fingerprint density at radius 3 is 2.69 bits per heavy atom. The number of carbonyl (C=O) groups excluding carboxylic acids is 1. The zero-order chi connectivity index (χ0) is 19.8. The second-order valence-electron chi connectivity index (χ2n) is 8.31. The number of fused-ring (bicyclic) bond motifs is 1. The molecule has 2 aliphatic heterocycles. The molecule has 6 heteroatoms. The Labute approximate surface area is 170 Å². The van der Waals surface area contributed by atoms with Crippen LogP contribution in [0.25, 0.3) is 10.9 Å². The van der Waals surface area contributed by atoms with Crippen molar-refractivity contribution in [1.29, 1.82) is 0 Å². The third-order valence-electron chi connectivity index (χ3n) is 6.62. The SMILES string of the molecule is O=C1N(Cc2c[nH]c3ccccc23)CCCC12CCN(c1cccc(O)n1)CC2. The third-order valence-corrected chi connectivity index (χ3v) is 6.62. The molecule has 0 atom stereocenters. The van der Waals surface area contributed by atoms with Crippen LogP contribution in [0.3, 0.4) is 0 Å². The van der Waals surface area contributed by atoms with Crippen LogP contribution in [0.15, 0.2) is 48.7 Å². The highest BCUT2D eigenvalue weighted by Crippen LogP contribution is 2.42. The molecule has 2 fully saturated rings. The van der Waals surface area contributed by atoms with Crippen molar-refractivity contribution in [2.45, 2.75) is 32.2 Å². The van der Waals surface area contributed by atoms with Crippen LogP contribution >= 0.6 is 0 Å². The van der Waals surface area contributed by atoms with Gasteiger partial charge in [-0.15, -0.1) is 0 Å². The molecule has 0 radical (unpaired) electrons. The van der Waals surface area contributed by atoms with E-state index >= 15 is 0 Å². The Balaban J connectivity index is 1.31. The summed E-state index contributed by atoms with van der Waals surface area (Å²) in [6.45, 7) is 3.09. The Hall–Kier alpha value is -3.02. The van der Waals surface area contributed by atoms with E-state index in [-0.39, 0.29) is 11.3 Å². The number of anilines is 1. The minimum atomic E-state index is -0.252. The number of pyridine rings is 1. The molecule has 2 N–H and O–H groups in total. The number of nitrogens with zero attached hydrogens (tertiary/aromatic N) is 3. The smallest absolute Gasteiger partial charge is 0.229 e. The summed E-state index contributed by atoms with van der Waals surface area (Å²) in [5.41, 5.74) is 2.05. The molecule has 0 saturated carbocycles. The number of nitrogens with one attached hydrogen (secondary N) is 1. The fourth-order valence-corrected chi connectivity index (χ4v) is 4.99. The lowest BCUT2D eigenvalue weighted by molar-refractivity contribution is -0.148. The van der Waals surface area contributed by atoms with Crippen LogP contribution in [-0.2, 0) is 11.3 Å². The summed E-state index contributed by atoms with van der Waals surface area (Å²) in [5.74, 6) is 1.14. The third kappa shape index (κ3) is 3.22. The van der Waals surface area contributed by atoms with Crippen LogP contribution in [0.1, 0.15) is 31.2 Å². The monoisotopic (exact) mass is 390 g/mol. The van der Waals surface area contributed by atoms with Gasteiger partial charge in [0.1, 0.15) is 5.82 Å². The molecular weight excluding hydrogens is 364 g/mol. The summed E-state index contributed by atoms with van der Waals surface area (Å²) in [4.78, 5) is 25.3. The molecule has 6 nitrogen and oxygen atoms in total. The van der Waals surface area contributed by atoms with Crippen LogP contribution in [0.5, 0.6) is 5.88 Å². The number of carbonyl (C=O) groups is 1. The van der Waals surface area contributed by atoms with Crippen molar-refractivity contribution in [3.63, 3.8) is 0 Å². The number of likely N-dealkylation sites (tertiary alicyclic amines) is 1. The average molecular weight is 390 g/mol. The highest BCUT2D eigenvalue weighted by molar-refractivity contribution is 5.86. The summed E-state index contributed by atoms with van der Waals surface area (Å²) in [6.07, 6.45) is 5.74. The number of H-pyrrole nitrogens is 1. The second kappa shape index (κ2) is 7.10. The van der Waals surface area contributed by atoms with Crippen LogP contribution in [0.4, 0.5) is 5.82 Å². The van der Waals surface area contributed by atoms with Crippen molar-refractivity contribution >= 4 is 22.6 Å². The molecule has 3 aromatic rings. The maximum absolute atomic E-state index is 13.5. The van der Waals surface area contributed by atoms with Gasteiger partial charge in [0.2, 0.25) is 11.8 Å². The van der Waals surface area contributed by atoms with E-state index in [0.717, 1.165) is 56.7 Å². The van der Waals surface area contributed by atoms with Gasteiger partial charge in [0, 0.05) is 49.3 Å². The van der Waals surface area contributed by atoms with E-state index in [1.54, 1.807) is 6.07 Å². The molecule has 0 aliphatic carbocycles. The van der Waals surface area contributed by atoms with Crippen LogP contribution in [-0.4, -0.2) is 45.5 Å². The highest BCUT2D eigenvalue weighted by Gasteiger charge is 2.45. The molecule has 29 heavy (non-hydrogen) atoms. The van der Waals surface area contributed by atoms with Gasteiger partial charge in [0.05, 0.1) is 5.41 Å². The Morgan fingerprint density at radius 2 is 1.86 bits per heavy atom. The molecule has 5 rings (SSSR count). The van der Waals surface area contributed by atoms with Gasteiger partial charge in [-0.05, 0) is 43.4 Å². The normalized spacial score (nSPS) is 19.2. The summed E-state index contributed by atoms with van der Waals surface area (Å²) < 4.78 is 0. The summed E-state index contributed by atoms with van der Waals surface area (Å²) >= 11 is 0. The number of aromatic amines is 1. The number of aromatic hydroxyl groups is 1. The van der Waals surface area contributed by atoms with E-state index in [9.17, 15) is 9.90 Å². The van der Waals surface area contributed by atoms with Crippen molar-refractivity contribution < 1.29 is 9.90 Å². The Morgan fingerprint density at radius 1 is 1.03 bits per heavy atom. The molecule has 2 saturated heterocycles. The second-order valence-corrected chi connectivity index (χ2v) is 8.31. The van der Waals surface area contributed by atoms with E-state index in [1.807, 2.05) is 30.5 Å². The van der Waals surface area contributed by atoms with Gasteiger partial charge in [-0.2, -0.15) is 4.98 Å². The first kappa shape index (κ1) is 18.0. The predicted octanol–water partition coefficient (Wildman–Crippen LogP) is 3.68. The topological polar surface area (TPSA) is 72.5 Å². The Kier molecular flexibility index (Phi) is 4.42. The van der Waals surface area contributed by atoms with Crippen LogP contribution in [0.2, 0.25) is 0 Å². The van der Waals surface area contributed by atoms with Crippen molar-refractivity contribution in [3.05, 3.63) is 54.2 Å². The highest BCUT2D eigenvalue weighted by atomic mass is 16.3. The van der Waals surface area contributed by atoms with E-state index in [0.29, 0.717) is 12.5 Å². The van der Waals surface area contributed by atoms with Crippen LogP contribution < -0.4 is 4.90 Å². The number of hydrogen-bond acceptors (Lipinski definition) is 4. The lowest BCUT2D eigenvalue weighted by atomic mass is 9.71. The number of hydrogen-bond donors (Lipinski definition) is 2. The molecule has 4 heterocycles. The summed E-state index contributed by atoms with van der Waals surface area (Å²) in [7, 11) is 0. The molecule has 0 unspecified atom stereocenters. The zero-order valence-corrected chi connectivity index (χ0v) is 16.5. The molecule has 1 amide bonds. The lowest BCUT2D eigenvalue weighted by Gasteiger charge is -2.46. The van der Waals surface area contributed by atoms with Crippen molar-refractivity contribution in [1.82, 2.24) is 14.9 Å². The molecule has 1 spiro atoms. The van der Waals surface area contributed by atoms with Crippen molar-refractivity contribution in [2.75, 3.05) is 24.5 Å². The standard InChI is InChI=1S/C23H26N4O2/c28-21-8-3-7-20(25-21)26-13-10-23(11-14-26)9-4-12-27(22(23)29)16-17-15-24-19-6-2-1-5-18(17)19/h1-3,5-8,15,24H,4,9-14,16H2,(H,25,28). The van der Waals surface area contributed by atoms with Gasteiger partial charge in [0.15, 0.2) is 0 Å². The van der Waals surface area contributed by atoms with Gasteiger partial charge < -0.3 is 19.9 Å². The fraction of sp³-hybridized carbons (Fsp3) is 0.391. The van der Waals surface area contributed by atoms with Gasteiger partial charge in [-0.3, -0.25) is 4.79 Å². The van der Waals surface area contributed by atoms with Gasteiger partial charge >= 0.3 is 0 Å². The zero-order valence-electron chi connectivity index (χ0n) is 16.5. The minimum absolute atomic E-state index is 0.0430. The molecular formula is C23H26N4O2. The molecule has 2 aliphatic rings. The van der Waals surface area contributed by atoms with Gasteiger partial charge in [-0.1, -0.05) is 24.3 Å². The average Bonchev–Trinajstić information content (AvgIpc) is 3.15. The first-order valence-electron chi connectivity index (χ1n) is 10.4. The van der Waals surface area contributed by atoms with E-state index < -0.39 is 0 Å². The van der Waals surface area contributed by atoms with Crippen molar-refractivity contribution in [3.8, 4) is 5.88 Å². The van der Waals surface area contributed by atoms with E-state index in [2.05, 4.69) is 31.9 Å². The minimum Gasteiger partial charge on any atom is -0.493 e. The summed E-state index contributed by atoms with van der Waals surface area (Å²) in [6, 6.07) is 13.6. The number of rotatable bonds is 3. The molecule has 2 aromatic heterocycles. The van der Waals surface area contributed by atoms with Gasteiger partial charge in [-0.25, -0.2) is 0 Å². The van der Waals surface area contributed by atoms with Crippen molar-refractivity contribution in [2.24, 2.45) is 5.41 Å². The van der Waals surface area contributed by atoms with E-state index in [4.69, 9.17) is 0 Å².